The number of pyridine rings is 2. The van der Waals surface area contributed by atoms with E-state index in [0.717, 1.165) is 5.56 Å². The molecule has 20 heavy (non-hydrogen) atoms. The van der Waals surface area contributed by atoms with Crippen LogP contribution in [0.2, 0.25) is 5.15 Å². The van der Waals surface area contributed by atoms with E-state index in [1.807, 2.05) is 0 Å². The number of hydrogen-bond donors (Lipinski definition) is 1. The lowest BCUT2D eigenvalue weighted by molar-refractivity contribution is -0.385. The van der Waals surface area contributed by atoms with Crippen LogP contribution in [0.5, 0.6) is 0 Å². The molecule has 0 saturated heterocycles. The van der Waals surface area contributed by atoms with Crippen molar-refractivity contribution in [2.45, 2.75) is 6.92 Å². The van der Waals surface area contributed by atoms with E-state index in [4.69, 9.17) is 11.6 Å². The van der Waals surface area contributed by atoms with Gasteiger partial charge < -0.3 is 5.32 Å². The van der Waals surface area contributed by atoms with Gasteiger partial charge >= 0.3 is 5.69 Å². The minimum Gasteiger partial charge on any atom is -0.320 e. The SMILES string of the molecule is Cc1ccncc1NC(=O)c1ccnc(Cl)c1[N+](=O)[O-]. The van der Waals surface area contributed by atoms with Gasteiger partial charge in [-0.2, -0.15) is 0 Å². The number of anilines is 1. The van der Waals surface area contributed by atoms with Gasteiger partial charge in [0.2, 0.25) is 5.15 Å². The Labute approximate surface area is 118 Å². The summed E-state index contributed by atoms with van der Waals surface area (Å²) in [7, 11) is 0. The van der Waals surface area contributed by atoms with Gasteiger partial charge in [0.05, 0.1) is 16.8 Å². The first-order chi connectivity index (χ1) is 9.50. The molecule has 2 rings (SSSR count). The lowest BCUT2D eigenvalue weighted by Gasteiger charge is -2.08. The smallest absolute Gasteiger partial charge is 0.319 e. The molecule has 0 fully saturated rings. The van der Waals surface area contributed by atoms with E-state index >= 15 is 0 Å². The average molecular weight is 293 g/mol. The van der Waals surface area contributed by atoms with Crippen molar-refractivity contribution in [2.24, 2.45) is 0 Å². The molecule has 0 aromatic carbocycles. The summed E-state index contributed by atoms with van der Waals surface area (Å²) >= 11 is 5.66. The second-order valence-electron chi connectivity index (χ2n) is 3.90. The van der Waals surface area contributed by atoms with Crippen LogP contribution in [0.25, 0.3) is 0 Å². The number of nitro groups is 1. The maximum Gasteiger partial charge on any atom is 0.319 e. The van der Waals surface area contributed by atoms with Crippen molar-refractivity contribution in [2.75, 3.05) is 5.32 Å². The normalized spacial score (nSPS) is 10.1. The zero-order valence-electron chi connectivity index (χ0n) is 10.3. The number of nitrogens with one attached hydrogen (secondary N) is 1. The quantitative estimate of drug-likeness (QED) is 0.532. The van der Waals surface area contributed by atoms with Crippen molar-refractivity contribution >= 4 is 28.9 Å². The van der Waals surface area contributed by atoms with E-state index in [2.05, 4.69) is 15.3 Å². The molecule has 1 amide bonds. The number of carbonyl (C=O) groups excluding carboxylic acids is 1. The zero-order valence-corrected chi connectivity index (χ0v) is 11.1. The zero-order chi connectivity index (χ0) is 14.7. The lowest BCUT2D eigenvalue weighted by atomic mass is 10.2. The third-order valence-electron chi connectivity index (χ3n) is 2.59. The minimum absolute atomic E-state index is 0.154. The number of rotatable bonds is 3. The van der Waals surface area contributed by atoms with Gasteiger partial charge in [-0.05, 0) is 24.6 Å². The number of aryl methyl sites for hydroxylation is 1. The maximum atomic E-state index is 12.1. The van der Waals surface area contributed by atoms with Crippen LogP contribution in [-0.2, 0) is 0 Å². The van der Waals surface area contributed by atoms with E-state index in [1.165, 1.54) is 18.5 Å². The van der Waals surface area contributed by atoms with Gasteiger partial charge in [0, 0.05) is 12.4 Å². The minimum atomic E-state index is -0.736. The Kier molecular flexibility index (Phi) is 3.90. The van der Waals surface area contributed by atoms with Crippen LogP contribution in [-0.4, -0.2) is 20.8 Å². The summed E-state index contributed by atoms with van der Waals surface area (Å²) < 4.78 is 0. The number of carbonyl (C=O) groups is 1. The predicted molar refractivity (Wildman–Crippen MR) is 72.8 cm³/mol. The molecule has 7 nitrogen and oxygen atoms in total. The number of aromatic nitrogens is 2. The molecule has 0 aliphatic rings. The molecule has 0 unspecified atom stereocenters. The molecule has 1 N–H and O–H groups in total. The first-order valence-corrected chi connectivity index (χ1v) is 5.89. The number of halogens is 1. The Morgan fingerprint density at radius 1 is 1.40 bits per heavy atom. The van der Waals surface area contributed by atoms with Crippen molar-refractivity contribution in [3.63, 3.8) is 0 Å². The molecule has 0 bridgehead atoms. The molecule has 2 aromatic rings. The third-order valence-corrected chi connectivity index (χ3v) is 2.87. The second-order valence-corrected chi connectivity index (χ2v) is 4.26. The van der Waals surface area contributed by atoms with E-state index in [-0.39, 0.29) is 10.7 Å². The molecule has 0 atom stereocenters. The van der Waals surface area contributed by atoms with Crippen LogP contribution < -0.4 is 5.32 Å². The Balaban J connectivity index is 2.38. The molecule has 0 aliphatic heterocycles. The molecule has 102 valence electrons. The van der Waals surface area contributed by atoms with Crippen molar-refractivity contribution in [3.8, 4) is 0 Å². The molecule has 2 heterocycles. The molecule has 0 spiro atoms. The fourth-order valence-electron chi connectivity index (χ4n) is 1.57. The van der Waals surface area contributed by atoms with Crippen LogP contribution >= 0.6 is 11.6 Å². The van der Waals surface area contributed by atoms with Gasteiger partial charge in [-0.15, -0.1) is 0 Å². The summed E-state index contributed by atoms with van der Waals surface area (Å²) in [5.41, 5.74) is 0.586. The van der Waals surface area contributed by atoms with Gasteiger partial charge in [-0.1, -0.05) is 11.6 Å². The molecule has 0 aliphatic carbocycles. The first kappa shape index (κ1) is 13.9. The van der Waals surface area contributed by atoms with Crippen LogP contribution in [0, 0.1) is 17.0 Å². The highest BCUT2D eigenvalue weighted by Gasteiger charge is 2.25. The van der Waals surface area contributed by atoms with Crippen LogP contribution in [0.3, 0.4) is 0 Å². The van der Waals surface area contributed by atoms with Gasteiger partial charge in [0.1, 0.15) is 5.56 Å². The van der Waals surface area contributed by atoms with Crippen molar-refractivity contribution < 1.29 is 9.72 Å². The largest absolute Gasteiger partial charge is 0.320 e. The van der Waals surface area contributed by atoms with Crippen LogP contribution in [0.1, 0.15) is 15.9 Å². The van der Waals surface area contributed by atoms with Crippen molar-refractivity contribution in [3.05, 3.63) is 57.1 Å². The Bertz CT molecular complexity index is 690. The van der Waals surface area contributed by atoms with Crippen molar-refractivity contribution in [1.82, 2.24) is 9.97 Å². The van der Waals surface area contributed by atoms with Gasteiger partial charge in [0.25, 0.3) is 5.91 Å². The van der Waals surface area contributed by atoms with Gasteiger partial charge in [-0.25, -0.2) is 4.98 Å². The predicted octanol–water partition coefficient (Wildman–Crippen LogP) is 2.60. The van der Waals surface area contributed by atoms with Crippen molar-refractivity contribution in [1.29, 1.82) is 0 Å². The maximum absolute atomic E-state index is 12.1. The van der Waals surface area contributed by atoms with Gasteiger partial charge in [0.15, 0.2) is 0 Å². The summed E-state index contributed by atoms with van der Waals surface area (Å²) in [4.78, 5) is 29.8. The Hall–Kier alpha value is -2.54. The third kappa shape index (κ3) is 2.72. The van der Waals surface area contributed by atoms with E-state index < -0.39 is 16.5 Å². The average Bonchev–Trinajstić information content (AvgIpc) is 2.40. The van der Waals surface area contributed by atoms with Crippen LogP contribution in [0.15, 0.2) is 30.7 Å². The second kappa shape index (κ2) is 5.62. The topological polar surface area (TPSA) is 98.0 Å². The standard InChI is InChI=1S/C12H9ClN4O3/c1-7-2-4-14-6-9(7)16-12(18)8-3-5-15-11(13)10(8)17(19)20/h2-6H,1H3,(H,16,18). The number of amides is 1. The fourth-order valence-corrected chi connectivity index (χ4v) is 1.80. The molecular weight excluding hydrogens is 284 g/mol. The molecule has 8 heteroatoms. The number of nitrogens with zero attached hydrogens (tertiary/aromatic N) is 3. The van der Waals surface area contributed by atoms with Gasteiger partial charge in [-0.3, -0.25) is 19.9 Å². The van der Waals surface area contributed by atoms with Crippen LogP contribution in [0.4, 0.5) is 11.4 Å². The molecule has 0 saturated carbocycles. The molecule has 2 aromatic heterocycles. The molecular formula is C12H9ClN4O3. The summed E-state index contributed by atoms with van der Waals surface area (Å²) in [6, 6.07) is 2.95. The Morgan fingerprint density at radius 2 is 2.15 bits per heavy atom. The summed E-state index contributed by atoms with van der Waals surface area (Å²) in [5, 5.41) is 13.2. The lowest BCUT2D eigenvalue weighted by Crippen LogP contribution is -2.15. The number of hydrogen-bond acceptors (Lipinski definition) is 5. The monoisotopic (exact) mass is 292 g/mol. The summed E-state index contributed by atoms with van der Waals surface area (Å²) in [5.74, 6) is -0.642. The molecule has 0 radical (unpaired) electrons. The summed E-state index contributed by atoms with van der Waals surface area (Å²) in [6.45, 7) is 1.78. The highest BCUT2D eigenvalue weighted by atomic mass is 35.5. The Morgan fingerprint density at radius 3 is 2.80 bits per heavy atom. The first-order valence-electron chi connectivity index (χ1n) is 5.51. The van der Waals surface area contributed by atoms with E-state index in [0.29, 0.717) is 5.69 Å². The van der Waals surface area contributed by atoms with E-state index in [9.17, 15) is 14.9 Å². The summed E-state index contributed by atoms with van der Waals surface area (Å²) in [6.07, 6.45) is 4.28. The fraction of sp³-hybridized carbons (Fsp3) is 0.0833. The highest BCUT2D eigenvalue weighted by molar-refractivity contribution is 6.32. The van der Waals surface area contributed by atoms with E-state index in [1.54, 1.807) is 19.2 Å². The highest BCUT2D eigenvalue weighted by Crippen LogP contribution is 2.26.